The number of aryl methyl sites for hydroxylation is 1. The third-order valence-electron chi connectivity index (χ3n) is 5.10. The molecular weight excluding hydrogens is 368 g/mol. The zero-order chi connectivity index (χ0) is 20.5. The van der Waals surface area contributed by atoms with Crippen LogP contribution in [0.5, 0.6) is 5.75 Å². The minimum atomic E-state index is -1.03. The van der Waals surface area contributed by atoms with Crippen LogP contribution in [0.3, 0.4) is 0 Å². The standard InChI is InChI=1S/C23H22N2O4/c1-14-3-10-20-18(11-14)19(12-21(24-20)15-4-5-15)23(28)25(2)16-6-8-17(9-7-16)29-13-22(26)27/h3,6-12,15H,4-5,13H2,1-2H3,(H,26,27). The van der Waals surface area contributed by atoms with Crippen LogP contribution in [0.4, 0.5) is 5.69 Å². The molecule has 148 valence electrons. The zero-order valence-electron chi connectivity index (χ0n) is 16.4. The molecule has 1 aliphatic rings. The van der Waals surface area contributed by atoms with Crippen LogP contribution in [0, 0.1) is 6.92 Å². The fourth-order valence-corrected chi connectivity index (χ4v) is 3.33. The van der Waals surface area contributed by atoms with Crippen LogP contribution in [0.1, 0.15) is 40.4 Å². The van der Waals surface area contributed by atoms with Crippen LogP contribution in [0.2, 0.25) is 0 Å². The fraction of sp³-hybridized carbons (Fsp3) is 0.261. The second-order valence-corrected chi connectivity index (χ2v) is 7.43. The van der Waals surface area contributed by atoms with Crippen molar-refractivity contribution < 1.29 is 19.4 Å². The van der Waals surface area contributed by atoms with Gasteiger partial charge in [0.05, 0.1) is 11.1 Å². The number of nitrogens with zero attached hydrogens (tertiary/aromatic N) is 2. The molecule has 3 aromatic rings. The molecule has 0 aliphatic heterocycles. The summed E-state index contributed by atoms with van der Waals surface area (Å²) in [6, 6.07) is 14.7. The van der Waals surface area contributed by atoms with E-state index in [-0.39, 0.29) is 5.91 Å². The lowest BCUT2D eigenvalue weighted by Crippen LogP contribution is -2.26. The predicted molar refractivity (Wildman–Crippen MR) is 111 cm³/mol. The third kappa shape index (κ3) is 4.06. The van der Waals surface area contributed by atoms with Gasteiger partial charge in [-0.3, -0.25) is 9.78 Å². The van der Waals surface area contributed by atoms with Gasteiger partial charge in [0.1, 0.15) is 5.75 Å². The molecule has 0 radical (unpaired) electrons. The van der Waals surface area contributed by atoms with Crippen LogP contribution in [-0.2, 0) is 4.79 Å². The summed E-state index contributed by atoms with van der Waals surface area (Å²) in [6.45, 7) is 1.60. The molecule has 0 saturated heterocycles. The molecule has 1 amide bonds. The number of ether oxygens (including phenoxy) is 1. The molecule has 6 heteroatoms. The molecule has 1 aliphatic carbocycles. The first-order chi connectivity index (χ1) is 13.9. The zero-order valence-corrected chi connectivity index (χ0v) is 16.4. The monoisotopic (exact) mass is 390 g/mol. The van der Waals surface area contributed by atoms with Crippen molar-refractivity contribution in [3.05, 3.63) is 65.4 Å². The van der Waals surface area contributed by atoms with E-state index in [0.717, 1.165) is 35.0 Å². The molecule has 0 atom stereocenters. The first-order valence-electron chi connectivity index (χ1n) is 9.56. The van der Waals surface area contributed by atoms with Gasteiger partial charge in [0, 0.05) is 29.7 Å². The van der Waals surface area contributed by atoms with Gasteiger partial charge in [0.25, 0.3) is 5.91 Å². The molecule has 1 aromatic heterocycles. The van der Waals surface area contributed by atoms with Gasteiger partial charge in [-0.2, -0.15) is 0 Å². The number of carbonyl (C=O) groups is 2. The maximum Gasteiger partial charge on any atom is 0.341 e. The number of carboxylic acids is 1. The van der Waals surface area contributed by atoms with Crippen molar-refractivity contribution in [3.8, 4) is 5.75 Å². The number of hydrogen-bond acceptors (Lipinski definition) is 4. The highest BCUT2D eigenvalue weighted by Gasteiger charge is 2.27. The number of rotatable bonds is 6. The highest BCUT2D eigenvalue weighted by Crippen LogP contribution is 2.40. The van der Waals surface area contributed by atoms with E-state index in [9.17, 15) is 9.59 Å². The molecule has 4 rings (SSSR count). The van der Waals surface area contributed by atoms with Gasteiger partial charge in [-0.1, -0.05) is 11.6 Å². The van der Waals surface area contributed by atoms with Crippen molar-refractivity contribution in [1.29, 1.82) is 0 Å². The number of aromatic nitrogens is 1. The molecule has 2 aromatic carbocycles. The van der Waals surface area contributed by atoms with Crippen LogP contribution in [-0.4, -0.2) is 35.6 Å². The molecule has 0 unspecified atom stereocenters. The van der Waals surface area contributed by atoms with Crippen molar-refractivity contribution in [3.63, 3.8) is 0 Å². The van der Waals surface area contributed by atoms with E-state index in [2.05, 4.69) is 0 Å². The molecule has 1 fully saturated rings. The summed E-state index contributed by atoms with van der Waals surface area (Å²) in [4.78, 5) is 30.3. The fourth-order valence-electron chi connectivity index (χ4n) is 3.33. The number of aliphatic carboxylic acids is 1. The van der Waals surface area contributed by atoms with E-state index >= 15 is 0 Å². The topological polar surface area (TPSA) is 79.7 Å². The lowest BCUT2D eigenvalue weighted by molar-refractivity contribution is -0.139. The highest BCUT2D eigenvalue weighted by atomic mass is 16.5. The Morgan fingerprint density at radius 2 is 1.86 bits per heavy atom. The van der Waals surface area contributed by atoms with E-state index < -0.39 is 12.6 Å². The van der Waals surface area contributed by atoms with Gasteiger partial charge in [0.15, 0.2) is 6.61 Å². The van der Waals surface area contributed by atoms with E-state index in [1.54, 1.807) is 36.2 Å². The third-order valence-corrected chi connectivity index (χ3v) is 5.10. The summed E-state index contributed by atoms with van der Waals surface area (Å²) in [5, 5.41) is 9.56. The Balaban J connectivity index is 1.65. The van der Waals surface area contributed by atoms with Crippen molar-refractivity contribution in [2.24, 2.45) is 0 Å². The number of pyridine rings is 1. The summed E-state index contributed by atoms with van der Waals surface area (Å²) in [5.41, 5.74) is 4.25. The molecule has 1 saturated carbocycles. The number of carbonyl (C=O) groups excluding carboxylic acids is 1. The van der Waals surface area contributed by atoms with Gasteiger partial charge < -0.3 is 14.7 Å². The summed E-state index contributed by atoms with van der Waals surface area (Å²) < 4.78 is 5.16. The molecule has 29 heavy (non-hydrogen) atoms. The van der Waals surface area contributed by atoms with Crippen LogP contribution >= 0.6 is 0 Å². The van der Waals surface area contributed by atoms with Crippen molar-refractivity contribution in [2.45, 2.75) is 25.7 Å². The van der Waals surface area contributed by atoms with E-state index in [1.807, 2.05) is 31.2 Å². The number of carboxylic acid groups (broad SMARTS) is 1. The molecular formula is C23H22N2O4. The van der Waals surface area contributed by atoms with Crippen molar-refractivity contribution in [2.75, 3.05) is 18.6 Å². The first-order valence-corrected chi connectivity index (χ1v) is 9.56. The Bertz CT molecular complexity index is 1090. The normalized spacial score (nSPS) is 13.3. The van der Waals surface area contributed by atoms with E-state index in [1.165, 1.54) is 0 Å². The van der Waals surface area contributed by atoms with Crippen LogP contribution < -0.4 is 9.64 Å². The van der Waals surface area contributed by atoms with Gasteiger partial charge in [-0.15, -0.1) is 0 Å². The van der Waals surface area contributed by atoms with Crippen molar-refractivity contribution >= 4 is 28.5 Å². The van der Waals surface area contributed by atoms with Crippen LogP contribution in [0.25, 0.3) is 10.9 Å². The maximum absolute atomic E-state index is 13.4. The molecule has 0 spiro atoms. The number of fused-ring (bicyclic) bond motifs is 1. The minimum Gasteiger partial charge on any atom is -0.482 e. The van der Waals surface area contributed by atoms with Crippen molar-refractivity contribution in [1.82, 2.24) is 4.98 Å². The van der Waals surface area contributed by atoms with Gasteiger partial charge in [-0.05, 0) is 62.2 Å². The molecule has 0 bridgehead atoms. The summed E-state index contributed by atoms with van der Waals surface area (Å²) in [5.74, 6) is -0.252. The highest BCUT2D eigenvalue weighted by molar-refractivity contribution is 6.13. The summed E-state index contributed by atoms with van der Waals surface area (Å²) in [6.07, 6.45) is 2.23. The summed E-state index contributed by atoms with van der Waals surface area (Å²) in [7, 11) is 1.73. The van der Waals surface area contributed by atoms with Crippen LogP contribution in [0.15, 0.2) is 48.5 Å². The Labute approximate surface area is 168 Å². The Morgan fingerprint density at radius 1 is 1.14 bits per heavy atom. The summed E-state index contributed by atoms with van der Waals surface area (Å²) >= 11 is 0. The lowest BCUT2D eigenvalue weighted by atomic mass is 10.0. The second-order valence-electron chi connectivity index (χ2n) is 7.43. The first kappa shape index (κ1) is 18.9. The molecule has 1 N–H and O–H groups in total. The molecule has 1 heterocycles. The largest absolute Gasteiger partial charge is 0.482 e. The Morgan fingerprint density at radius 3 is 2.52 bits per heavy atom. The average Bonchev–Trinajstić information content (AvgIpc) is 3.56. The smallest absolute Gasteiger partial charge is 0.341 e. The van der Waals surface area contributed by atoms with E-state index in [4.69, 9.17) is 14.8 Å². The van der Waals surface area contributed by atoms with Gasteiger partial charge in [0.2, 0.25) is 0 Å². The predicted octanol–water partition coefficient (Wildman–Crippen LogP) is 4.16. The minimum absolute atomic E-state index is 0.107. The SMILES string of the molecule is Cc1ccc2nc(C3CC3)cc(C(=O)N(C)c3ccc(OCC(=O)O)cc3)c2c1. The Kier molecular flexibility index (Phi) is 4.92. The number of hydrogen-bond donors (Lipinski definition) is 1. The number of benzene rings is 2. The van der Waals surface area contributed by atoms with Gasteiger partial charge in [-0.25, -0.2) is 4.79 Å². The van der Waals surface area contributed by atoms with Gasteiger partial charge >= 0.3 is 5.97 Å². The Hall–Kier alpha value is -3.41. The lowest BCUT2D eigenvalue weighted by Gasteiger charge is -2.19. The number of anilines is 1. The maximum atomic E-state index is 13.4. The quantitative estimate of drug-likeness (QED) is 0.684. The second kappa shape index (κ2) is 7.54. The molecule has 6 nitrogen and oxygen atoms in total. The average molecular weight is 390 g/mol. The number of amides is 1. The van der Waals surface area contributed by atoms with E-state index in [0.29, 0.717) is 22.9 Å².